The van der Waals surface area contributed by atoms with Crippen molar-refractivity contribution in [3.05, 3.63) is 35.9 Å². The first-order valence-electron chi connectivity index (χ1n) is 7.55. The molecule has 0 amide bonds. The van der Waals surface area contributed by atoms with E-state index in [4.69, 9.17) is 0 Å². The predicted molar refractivity (Wildman–Crippen MR) is 77.5 cm³/mol. The lowest BCUT2D eigenvalue weighted by Gasteiger charge is -2.29. The minimum Gasteiger partial charge on any atom is -0.0622 e. The van der Waals surface area contributed by atoms with E-state index in [9.17, 15) is 0 Å². The lowest BCUT2D eigenvalue weighted by atomic mass is 9.77. The van der Waals surface area contributed by atoms with Crippen molar-refractivity contribution < 1.29 is 0 Å². The molecule has 0 heteroatoms. The van der Waals surface area contributed by atoms with Crippen molar-refractivity contribution in [1.82, 2.24) is 0 Å². The zero-order valence-corrected chi connectivity index (χ0v) is 12.1. The van der Waals surface area contributed by atoms with Crippen LogP contribution in [0.5, 0.6) is 0 Å². The van der Waals surface area contributed by atoms with Gasteiger partial charge in [-0.1, -0.05) is 51.1 Å². The quantitative estimate of drug-likeness (QED) is 0.690. The lowest BCUT2D eigenvalue weighted by Crippen LogP contribution is -2.18. The fourth-order valence-electron chi connectivity index (χ4n) is 4.38. The van der Waals surface area contributed by atoms with Crippen LogP contribution in [0.3, 0.4) is 0 Å². The van der Waals surface area contributed by atoms with Gasteiger partial charge in [0.05, 0.1) is 0 Å². The van der Waals surface area contributed by atoms with Crippen molar-refractivity contribution in [2.24, 2.45) is 22.7 Å². The molecule has 18 heavy (non-hydrogen) atoms. The van der Waals surface area contributed by atoms with Gasteiger partial charge in [0, 0.05) is 0 Å². The monoisotopic (exact) mass is 242 g/mol. The summed E-state index contributed by atoms with van der Waals surface area (Å²) in [6.45, 7) is 7.46. The maximum absolute atomic E-state index is 2.53. The van der Waals surface area contributed by atoms with Crippen LogP contribution >= 0.6 is 0 Å². The molecule has 1 unspecified atom stereocenters. The summed E-state index contributed by atoms with van der Waals surface area (Å²) < 4.78 is 0. The van der Waals surface area contributed by atoms with Crippen LogP contribution in [-0.2, 0) is 6.42 Å². The van der Waals surface area contributed by atoms with E-state index in [0.29, 0.717) is 10.8 Å². The number of fused-ring (bicyclic) bond motifs is 1. The highest BCUT2D eigenvalue weighted by Gasteiger charge is 2.64. The summed E-state index contributed by atoms with van der Waals surface area (Å²) in [7, 11) is 0. The van der Waals surface area contributed by atoms with Gasteiger partial charge in [-0.05, 0) is 60.3 Å². The maximum Gasteiger partial charge on any atom is -0.0279 e. The molecule has 0 aliphatic heterocycles. The second kappa shape index (κ2) is 4.11. The molecule has 2 aliphatic rings. The number of rotatable bonds is 4. The first-order chi connectivity index (χ1) is 8.51. The molecule has 0 nitrogen and oxygen atoms in total. The third-order valence-corrected chi connectivity index (χ3v) is 5.80. The van der Waals surface area contributed by atoms with Gasteiger partial charge >= 0.3 is 0 Å². The molecule has 3 rings (SSSR count). The van der Waals surface area contributed by atoms with Gasteiger partial charge in [-0.25, -0.2) is 0 Å². The molecule has 2 fully saturated rings. The number of aryl methyl sites for hydroxylation is 1. The molecule has 2 aliphatic carbocycles. The fourth-order valence-corrected chi connectivity index (χ4v) is 4.38. The van der Waals surface area contributed by atoms with Crippen molar-refractivity contribution in [2.75, 3.05) is 0 Å². The Morgan fingerprint density at radius 2 is 1.61 bits per heavy atom. The van der Waals surface area contributed by atoms with Crippen LogP contribution in [-0.4, -0.2) is 0 Å². The fraction of sp³-hybridized carbons (Fsp3) is 0.667. The molecule has 0 aromatic heterocycles. The summed E-state index contributed by atoms with van der Waals surface area (Å²) >= 11 is 0. The van der Waals surface area contributed by atoms with Gasteiger partial charge in [0.2, 0.25) is 0 Å². The third-order valence-electron chi connectivity index (χ3n) is 5.80. The number of hydrogen-bond acceptors (Lipinski definition) is 0. The summed E-state index contributed by atoms with van der Waals surface area (Å²) in [5.41, 5.74) is 2.84. The normalized spacial score (nSPS) is 36.4. The topological polar surface area (TPSA) is 0 Å². The van der Waals surface area contributed by atoms with Gasteiger partial charge in [-0.2, -0.15) is 0 Å². The summed E-state index contributed by atoms with van der Waals surface area (Å²) in [5.74, 6) is 2.08. The van der Waals surface area contributed by atoms with E-state index < -0.39 is 0 Å². The molecule has 1 aromatic carbocycles. The zero-order chi connectivity index (χ0) is 12.8. The second-order valence-corrected chi connectivity index (χ2v) is 7.59. The molecule has 0 radical (unpaired) electrons. The van der Waals surface area contributed by atoms with Crippen LogP contribution in [0.2, 0.25) is 0 Å². The highest BCUT2D eigenvalue weighted by molar-refractivity contribution is 5.16. The summed E-state index contributed by atoms with van der Waals surface area (Å²) in [4.78, 5) is 0. The highest BCUT2D eigenvalue weighted by Crippen LogP contribution is 2.72. The Morgan fingerprint density at radius 3 is 2.22 bits per heavy atom. The van der Waals surface area contributed by atoms with Gasteiger partial charge in [0.15, 0.2) is 0 Å². The largest absolute Gasteiger partial charge is 0.0622 e. The Balaban J connectivity index is 1.48. The van der Waals surface area contributed by atoms with E-state index in [-0.39, 0.29) is 0 Å². The van der Waals surface area contributed by atoms with Crippen molar-refractivity contribution in [3.63, 3.8) is 0 Å². The molecular formula is C18H26. The summed E-state index contributed by atoms with van der Waals surface area (Å²) in [6, 6.07) is 10.9. The van der Waals surface area contributed by atoms with Crippen LogP contribution in [0.15, 0.2) is 30.3 Å². The van der Waals surface area contributed by atoms with E-state index >= 15 is 0 Å². The van der Waals surface area contributed by atoms with Crippen LogP contribution in [0.1, 0.15) is 52.0 Å². The Kier molecular flexibility index (Phi) is 2.80. The zero-order valence-electron chi connectivity index (χ0n) is 12.1. The van der Waals surface area contributed by atoms with Crippen molar-refractivity contribution in [3.8, 4) is 0 Å². The number of hydrogen-bond donors (Lipinski definition) is 0. The highest BCUT2D eigenvalue weighted by atomic mass is 14.7. The standard InChI is InChI=1S/C18H26/c1-17(2)15-12-18(3,13-16(15)17)11-7-10-14-8-5-4-6-9-14/h4-6,8-9,15-16H,7,10-13H2,1-3H3/t15-,16+,18?. The third kappa shape index (κ3) is 2.11. The Bertz CT molecular complexity index is 401. The lowest BCUT2D eigenvalue weighted by molar-refractivity contribution is 0.227. The Labute approximate surface area is 112 Å². The van der Waals surface area contributed by atoms with Gasteiger partial charge in [-0.3, -0.25) is 0 Å². The van der Waals surface area contributed by atoms with Gasteiger partial charge in [0.1, 0.15) is 0 Å². The molecule has 2 saturated carbocycles. The number of benzene rings is 1. The summed E-state index contributed by atoms with van der Waals surface area (Å²) in [6.07, 6.45) is 7.01. The predicted octanol–water partition coefficient (Wildman–Crippen LogP) is 5.08. The van der Waals surface area contributed by atoms with E-state index in [1.807, 2.05) is 0 Å². The molecule has 0 N–H and O–H groups in total. The molecule has 0 bridgehead atoms. The minimum absolute atomic E-state index is 0.652. The molecule has 98 valence electrons. The molecule has 3 atom stereocenters. The van der Waals surface area contributed by atoms with E-state index in [1.165, 1.54) is 37.7 Å². The summed E-state index contributed by atoms with van der Waals surface area (Å²) in [5, 5.41) is 0. The molecular weight excluding hydrogens is 216 g/mol. The van der Waals surface area contributed by atoms with Gasteiger partial charge in [-0.15, -0.1) is 0 Å². The SMILES string of the molecule is CC1(CCCc2ccccc2)C[C@@H]2[C@H](C1)C2(C)C. The smallest absolute Gasteiger partial charge is 0.0279 e. The average Bonchev–Trinajstić information content (AvgIpc) is 2.71. The minimum atomic E-state index is 0.652. The maximum atomic E-state index is 2.53. The van der Waals surface area contributed by atoms with Crippen molar-refractivity contribution in [1.29, 1.82) is 0 Å². The van der Waals surface area contributed by atoms with E-state index in [1.54, 1.807) is 0 Å². The Hall–Kier alpha value is -0.780. The molecule has 0 saturated heterocycles. The first-order valence-corrected chi connectivity index (χ1v) is 7.55. The van der Waals surface area contributed by atoms with Crippen molar-refractivity contribution in [2.45, 2.75) is 52.9 Å². The molecule has 0 heterocycles. The van der Waals surface area contributed by atoms with Gasteiger partial charge < -0.3 is 0 Å². The second-order valence-electron chi connectivity index (χ2n) is 7.59. The molecule has 1 aromatic rings. The van der Waals surface area contributed by atoms with Crippen LogP contribution in [0.4, 0.5) is 0 Å². The van der Waals surface area contributed by atoms with Crippen LogP contribution in [0, 0.1) is 22.7 Å². The van der Waals surface area contributed by atoms with Crippen LogP contribution < -0.4 is 0 Å². The molecule has 0 spiro atoms. The van der Waals surface area contributed by atoms with Crippen molar-refractivity contribution >= 4 is 0 Å². The van der Waals surface area contributed by atoms with Crippen LogP contribution in [0.25, 0.3) is 0 Å². The van der Waals surface area contributed by atoms with Gasteiger partial charge in [0.25, 0.3) is 0 Å². The van der Waals surface area contributed by atoms with E-state index in [0.717, 1.165) is 11.8 Å². The average molecular weight is 242 g/mol. The Morgan fingerprint density at radius 1 is 1.00 bits per heavy atom. The first kappa shape index (κ1) is 12.3. The van der Waals surface area contributed by atoms with E-state index in [2.05, 4.69) is 51.1 Å².